The summed E-state index contributed by atoms with van der Waals surface area (Å²) in [6.07, 6.45) is 0.697. The monoisotopic (exact) mass is 300 g/mol. The van der Waals surface area contributed by atoms with Crippen molar-refractivity contribution in [2.24, 2.45) is 0 Å². The molecule has 0 aliphatic rings. The molecule has 0 saturated heterocycles. The number of para-hydroxylation sites is 1. The van der Waals surface area contributed by atoms with Crippen LogP contribution in [0.15, 0.2) is 48.5 Å². The minimum absolute atomic E-state index is 0.0492. The van der Waals surface area contributed by atoms with Crippen molar-refractivity contribution in [3.05, 3.63) is 54.1 Å². The Morgan fingerprint density at radius 1 is 1.18 bits per heavy atom. The normalized spacial score (nSPS) is 10.0. The lowest BCUT2D eigenvalue weighted by Gasteiger charge is -2.10. The lowest BCUT2D eigenvalue weighted by molar-refractivity contribution is 0.250. The molecule has 3 N–H and O–H groups in total. The molecule has 22 heavy (non-hydrogen) atoms. The molecule has 0 aliphatic heterocycles. The van der Waals surface area contributed by atoms with E-state index in [9.17, 15) is 9.90 Å². The third-order valence-corrected chi connectivity index (χ3v) is 3.02. The number of phenols is 1. The van der Waals surface area contributed by atoms with Crippen molar-refractivity contribution in [1.82, 2.24) is 5.32 Å². The van der Waals surface area contributed by atoms with Gasteiger partial charge in [-0.25, -0.2) is 4.79 Å². The first-order valence-electron chi connectivity index (χ1n) is 7.17. The minimum Gasteiger partial charge on any atom is -0.506 e. The molecule has 0 aromatic heterocycles. The van der Waals surface area contributed by atoms with Gasteiger partial charge in [0.05, 0.1) is 12.3 Å². The van der Waals surface area contributed by atoms with E-state index in [1.165, 1.54) is 0 Å². The summed E-state index contributed by atoms with van der Waals surface area (Å²) in [6, 6.07) is 14.2. The molecule has 0 spiro atoms. The minimum atomic E-state index is -0.347. The van der Waals surface area contributed by atoms with Crippen LogP contribution in [0.5, 0.6) is 11.5 Å². The van der Waals surface area contributed by atoms with Gasteiger partial charge in [-0.3, -0.25) is 0 Å². The zero-order chi connectivity index (χ0) is 15.8. The first-order chi connectivity index (χ1) is 10.6. The van der Waals surface area contributed by atoms with Crippen LogP contribution in [0.3, 0.4) is 0 Å². The van der Waals surface area contributed by atoms with Gasteiger partial charge in [0.15, 0.2) is 0 Å². The number of carbonyl (C=O) groups excluding carboxylic acids is 1. The number of urea groups is 1. The predicted molar refractivity (Wildman–Crippen MR) is 86.4 cm³/mol. The maximum Gasteiger partial charge on any atom is 0.319 e. The fourth-order valence-electron chi connectivity index (χ4n) is 1.90. The number of carbonyl (C=O) groups is 1. The van der Waals surface area contributed by atoms with E-state index in [4.69, 9.17) is 4.74 Å². The number of anilines is 1. The molecule has 0 heterocycles. The lowest BCUT2D eigenvalue weighted by Crippen LogP contribution is -2.30. The molecule has 0 saturated carbocycles. The van der Waals surface area contributed by atoms with Gasteiger partial charge in [-0.1, -0.05) is 24.3 Å². The number of aromatic hydroxyl groups is 1. The average molecular weight is 300 g/mol. The highest BCUT2D eigenvalue weighted by atomic mass is 16.5. The van der Waals surface area contributed by atoms with Gasteiger partial charge >= 0.3 is 6.03 Å². The number of hydrogen-bond donors (Lipinski definition) is 3. The Hall–Kier alpha value is -2.69. The Balaban J connectivity index is 1.66. The standard InChI is InChI=1S/C17H20N2O3/c1-13-8-9-16(20)15(12-13)19-17(21)18-10-5-11-22-14-6-3-2-4-7-14/h2-4,6-9,12,20H,5,10-11H2,1H3,(H2,18,19,21). The van der Waals surface area contributed by atoms with Crippen molar-refractivity contribution in [3.63, 3.8) is 0 Å². The maximum atomic E-state index is 11.7. The first kappa shape index (κ1) is 15.7. The van der Waals surface area contributed by atoms with E-state index in [1.54, 1.807) is 18.2 Å². The van der Waals surface area contributed by atoms with Crippen LogP contribution in [0, 0.1) is 6.92 Å². The Morgan fingerprint density at radius 2 is 1.95 bits per heavy atom. The number of ether oxygens (including phenoxy) is 1. The maximum absolute atomic E-state index is 11.7. The molecule has 2 aromatic carbocycles. The summed E-state index contributed by atoms with van der Waals surface area (Å²) >= 11 is 0. The number of phenolic OH excluding ortho intramolecular Hbond substituents is 1. The van der Waals surface area contributed by atoms with E-state index in [0.29, 0.717) is 25.3 Å². The lowest BCUT2D eigenvalue weighted by atomic mass is 10.2. The highest BCUT2D eigenvalue weighted by Crippen LogP contribution is 2.23. The molecule has 2 amide bonds. The van der Waals surface area contributed by atoms with Gasteiger partial charge in [0.2, 0.25) is 0 Å². The fourth-order valence-corrected chi connectivity index (χ4v) is 1.90. The molecule has 5 heteroatoms. The fraction of sp³-hybridized carbons (Fsp3) is 0.235. The molecular weight excluding hydrogens is 280 g/mol. The van der Waals surface area contributed by atoms with Gasteiger partial charge in [-0.2, -0.15) is 0 Å². The van der Waals surface area contributed by atoms with Crippen LogP contribution in [0.4, 0.5) is 10.5 Å². The summed E-state index contributed by atoms with van der Waals surface area (Å²) in [5.74, 6) is 0.866. The van der Waals surface area contributed by atoms with Crippen molar-refractivity contribution in [2.45, 2.75) is 13.3 Å². The van der Waals surface area contributed by atoms with Crippen molar-refractivity contribution >= 4 is 11.7 Å². The largest absolute Gasteiger partial charge is 0.506 e. The number of benzene rings is 2. The summed E-state index contributed by atoms with van der Waals surface area (Å²) in [5.41, 5.74) is 1.36. The van der Waals surface area contributed by atoms with Gasteiger partial charge < -0.3 is 20.5 Å². The molecular formula is C17H20N2O3. The molecule has 0 fully saturated rings. The van der Waals surface area contributed by atoms with E-state index < -0.39 is 0 Å². The zero-order valence-electron chi connectivity index (χ0n) is 12.5. The van der Waals surface area contributed by atoms with Crippen molar-refractivity contribution < 1.29 is 14.6 Å². The molecule has 0 radical (unpaired) electrons. The summed E-state index contributed by atoms with van der Waals surface area (Å²) in [5, 5.41) is 15.0. The van der Waals surface area contributed by atoms with Crippen molar-refractivity contribution in [2.75, 3.05) is 18.5 Å². The number of aryl methyl sites for hydroxylation is 1. The van der Waals surface area contributed by atoms with Crippen molar-refractivity contribution in [3.8, 4) is 11.5 Å². The second-order valence-electron chi connectivity index (χ2n) is 4.92. The van der Waals surface area contributed by atoms with Gasteiger partial charge in [-0.15, -0.1) is 0 Å². The van der Waals surface area contributed by atoms with E-state index in [2.05, 4.69) is 10.6 Å². The van der Waals surface area contributed by atoms with Crippen LogP contribution in [-0.2, 0) is 0 Å². The number of hydrogen-bond acceptors (Lipinski definition) is 3. The second-order valence-corrected chi connectivity index (χ2v) is 4.92. The third-order valence-electron chi connectivity index (χ3n) is 3.02. The second kappa shape index (κ2) is 7.93. The molecule has 2 aromatic rings. The zero-order valence-corrected chi connectivity index (χ0v) is 12.5. The summed E-state index contributed by atoms with van der Waals surface area (Å²) < 4.78 is 5.53. The molecule has 5 nitrogen and oxygen atoms in total. The first-order valence-corrected chi connectivity index (χ1v) is 7.17. The Morgan fingerprint density at radius 3 is 2.73 bits per heavy atom. The topological polar surface area (TPSA) is 70.6 Å². The number of amides is 2. The molecule has 0 bridgehead atoms. The quantitative estimate of drug-likeness (QED) is 0.566. The Labute approximate surface area is 129 Å². The number of rotatable bonds is 6. The smallest absolute Gasteiger partial charge is 0.319 e. The van der Waals surface area contributed by atoms with Crippen LogP contribution in [-0.4, -0.2) is 24.3 Å². The van der Waals surface area contributed by atoms with Gasteiger partial charge in [0, 0.05) is 6.54 Å². The highest BCUT2D eigenvalue weighted by Gasteiger charge is 2.05. The highest BCUT2D eigenvalue weighted by molar-refractivity contribution is 5.90. The van der Waals surface area contributed by atoms with E-state index in [1.807, 2.05) is 37.3 Å². The van der Waals surface area contributed by atoms with Crippen molar-refractivity contribution in [1.29, 1.82) is 0 Å². The van der Waals surface area contributed by atoms with E-state index >= 15 is 0 Å². The summed E-state index contributed by atoms with van der Waals surface area (Å²) in [7, 11) is 0. The van der Waals surface area contributed by atoms with Crippen LogP contribution < -0.4 is 15.4 Å². The third kappa shape index (κ3) is 5.01. The van der Waals surface area contributed by atoms with Crippen LogP contribution >= 0.6 is 0 Å². The Bertz CT molecular complexity index is 615. The molecule has 0 aliphatic carbocycles. The summed E-state index contributed by atoms with van der Waals surface area (Å²) in [6.45, 7) is 2.91. The SMILES string of the molecule is Cc1ccc(O)c(NC(=O)NCCCOc2ccccc2)c1. The van der Waals surface area contributed by atoms with Gasteiger partial charge in [0.25, 0.3) is 0 Å². The van der Waals surface area contributed by atoms with Crippen LogP contribution in [0.1, 0.15) is 12.0 Å². The molecule has 2 rings (SSSR count). The van der Waals surface area contributed by atoms with Gasteiger partial charge in [0.1, 0.15) is 11.5 Å². The predicted octanol–water partition coefficient (Wildman–Crippen LogP) is 3.29. The summed E-state index contributed by atoms with van der Waals surface area (Å²) in [4.78, 5) is 11.7. The van der Waals surface area contributed by atoms with Gasteiger partial charge in [-0.05, 0) is 43.2 Å². The molecule has 0 unspecified atom stereocenters. The average Bonchev–Trinajstić information content (AvgIpc) is 2.51. The van der Waals surface area contributed by atoms with Crippen LogP contribution in [0.25, 0.3) is 0 Å². The Kier molecular flexibility index (Phi) is 5.65. The van der Waals surface area contributed by atoms with E-state index in [0.717, 1.165) is 11.3 Å². The molecule has 0 atom stereocenters. The van der Waals surface area contributed by atoms with E-state index in [-0.39, 0.29) is 11.8 Å². The number of nitrogens with one attached hydrogen (secondary N) is 2. The van der Waals surface area contributed by atoms with Crippen LogP contribution in [0.2, 0.25) is 0 Å². The molecule has 116 valence electrons.